The fraction of sp³-hybridized carbons (Fsp3) is 0.500. The molecule has 234 valence electrons. The number of β-amino-alcohol motifs (C(OH)–C–C–N with tert-alkyl or cyclic N) is 1. The first-order chi connectivity index (χ1) is 20.5. The highest BCUT2D eigenvalue weighted by Crippen LogP contribution is 2.37. The molecule has 0 radical (unpaired) electrons. The molecule has 4 N–H and O–H groups in total. The average Bonchev–Trinajstić information content (AvgIpc) is 3.32. The largest absolute Gasteiger partial charge is 0.483 e. The highest BCUT2D eigenvalue weighted by atomic mass is 32.2. The molecule has 0 saturated heterocycles. The molecule has 1 fully saturated rings. The van der Waals surface area contributed by atoms with E-state index < -0.39 is 22.2 Å². The van der Waals surface area contributed by atoms with Gasteiger partial charge >= 0.3 is 0 Å². The lowest BCUT2D eigenvalue weighted by Crippen LogP contribution is -2.53. The molecule has 3 aromatic rings. The van der Waals surface area contributed by atoms with Crippen molar-refractivity contribution in [3.8, 4) is 0 Å². The maximum Gasteiger partial charge on any atom is 0.290 e. The lowest BCUT2D eigenvalue weighted by molar-refractivity contribution is -0.122. The summed E-state index contributed by atoms with van der Waals surface area (Å²) in [5.74, 6) is -0.303. The van der Waals surface area contributed by atoms with Crippen molar-refractivity contribution in [3.63, 3.8) is 0 Å². The lowest BCUT2D eigenvalue weighted by atomic mass is 9.83. The first-order valence-electron chi connectivity index (χ1n) is 15.0. The van der Waals surface area contributed by atoms with Gasteiger partial charge in [0.1, 0.15) is 0 Å². The molecule has 1 aliphatic carbocycles. The van der Waals surface area contributed by atoms with Crippen LogP contribution in [-0.4, -0.2) is 72.6 Å². The van der Waals surface area contributed by atoms with Gasteiger partial charge < -0.3 is 25.4 Å². The summed E-state index contributed by atoms with van der Waals surface area (Å²) < 4.78 is 29.2. The summed E-state index contributed by atoms with van der Waals surface area (Å²) in [6, 6.07) is 12.8. The summed E-state index contributed by atoms with van der Waals surface area (Å²) in [6.45, 7) is 5.08. The second-order valence-corrected chi connectivity index (χ2v) is 13.9. The van der Waals surface area contributed by atoms with Gasteiger partial charge in [-0.15, -0.1) is 0 Å². The van der Waals surface area contributed by atoms with Crippen LogP contribution in [0.5, 0.6) is 0 Å². The van der Waals surface area contributed by atoms with E-state index in [0.29, 0.717) is 37.2 Å². The third-order valence-corrected chi connectivity index (χ3v) is 10.6. The summed E-state index contributed by atoms with van der Waals surface area (Å²) in [7, 11) is -1.94. The van der Waals surface area contributed by atoms with Gasteiger partial charge in [0.2, 0.25) is 10.0 Å². The number of benzene rings is 2. The van der Waals surface area contributed by atoms with Crippen LogP contribution < -0.4 is 14.9 Å². The molecule has 11 heteroatoms. The van der Waals surface area contributed by atoms with Crippen LogP contribution in [-0.2, 0) is 34.2 Å². The number of carbonyl (C=O) groups excluding carboxylic acids is 1. The van der Waals surface area contributed by atoms with Gasteiger partial charge in [-0.25, -0.2) is 8.42 Å². The topological polar surface area (TPSA) is 141 Å². The van der Waals surface area contributed by atoms with E-state index in [9.17, 15) is 18.3 Å². The zero-order valence-corrected chi connectivity index (χ0v) is 26.1. The summed E-state index contributed by atoms with van der Waals surface area (Å²) in [6.07, 6.45) is 7.88. The van der Waals surface area contributed by atoms with E-state index in [-0.39, 0.29) is 23.7 Å². The van der Waals surface area contributed by atoms with Gasteiger partial charge in [0, 0.05) is 42.8 Å². The molecule has 1 aromatic heterocycles. The second-order valence-electron chi connectivity index (χ2n) is 11.8. The normalized spacial score (nSPS) is 18.6. The zero-order chi connectivity index (χ0) is 31.2. The Bertz CT molecular complexity index is 1520. The lowest BCUT2D eigenvalue weighted by Gasteiger charge is -2.36. The van der Waals surface area contributed by atoms with Gasteiger partial charge in [0.05, 0.1) is 29.1 Å². The molecule has 43 heavy (non-hydrogen) atoms. The van der Waals surface area contributed by atoms with Gasteiger partial charge in [-0.3, -0.25) is 13.9 Å². The quantitative estimate of drug-likeness (QED) is 0.270. The van der Waals surface area contributed by atoms with Crippen LogP contribution in [0.1, 0.15) is 67.4 Å². The van der Waals surface area contributed by atoms with Crippen LogP contribution in [0, 0.1) is 0 Å². The molecule has 2 aromatic carbocycles. The fourth-order valence-corrected chi connectivity index (χ4v) is 7.45. The van der Waals surface area contributed by atoms with E-state index >= 15 is 0 Å². The number of hydrogen-bond acceptors (Lipinski definition) is 6. The molecule has 1 amide bonds. The molecule has 0 spiro atoms. The number of hydrogen-bond donors (Lipinski definition) is 4. The van der Waals surface area contributed by atoms with E-state index in [1.54, 1.807) is 13.1 Å². The summed E-state index contributed by atoms with van der Waals surface area (Å²) in [5, 5.41) is 25.8. The standard InChI is InChI=1S/C31H42N4O4S.CH2O2/c1-4-35-21-23-13-16-40(38,39)34(3)26-18-24(19-27(35)29(23)26)30(37)33-25(17-22-11-7-5-8-12-22)28(36)20-32-31(2)14-9-6-10-15-31;2-1-3/h5,7-8,11-12,18-19,21,25,28,32,36H,4,6,9-10,13-17,20H2,1-3H3,(H,33,37);1H,(H,2,3)/t25-,28+;/m0./s1. The Morgan fingerprint density at radius 1 is 1.14 bits per heavy atom. The van der Waals surface area contributed by atoms with Crippen molar-refractivity contribution in [3.05, 3.63) is 65.4 Å². The number of anilines is 1. The van der Waals surface area contributed by atoms with Crippen LogP contribution in [0.4, 0.5) is 5.69 Å². The van der Waals surface area contributed by atoms with Crippen molar-refractivity contribution < 1.29 is 28.2 Å². The average molecular weight is 613 g/mol. The molecular formula is C32H44N4O6S. The molecule has 1 aliphatic heterocycles. The van der Waals surface area contributed by atoms with Crippen molar-refractivity contribution in [2.45, 2.75) is 83.0 Å². The van der Waals surface area contributed by atoms with Gasteiger partial charge in [-0.1, -0.05) is 49.6 Å². The molecule has 2 aliphatic rings. The van der Waals surface area contributed by atoms with Gasteiger partial charge in [-0.05, 0) is 62.8 Å². The molecule has 0 unspecified atom stereocenters. The first kappa shape index (κ1) is 32.5. The molecule has 1 saturated carbocycles. The van der Waals surface area contributed by atoms with E-state index in [1.807, 2.05) is 49.5 Å². The number of sulfonamides is 1. The van der Waals surface area contributed by atoms with Gasteiger partial charge in [-0.2, -0.15) is 0 Å². The van der Waals surface area contributed by atoms with Crippen LogP contribution >= 0.6 is 0 Å². The van der Waals surface area contributed by atoms with Crippen LogP contribution in [0.25, 0.3) is 10.9 Å². The Labute approximate surface area is 254 Å². The molecule has 2 atom stereocenters. The van der Waals surface area contributed by atoms with Crippen LogP contribution in [0.2, 0.25) is 0 Å². The number of aliphatic hydroxyl groups is 1. The smallest absolute Gasteiger partial charge is 0.290 e. The number of aromatic nitrogens is 1. The molecule has 0 bridgehead atoms. The van der Waals surface area contributed by atoms with Crippen LogP contribution in [0.15, 0.2) is 48.7 Å². The van der Waals surface area contributed by atoms with E-state index in [4.69, 9.17) is 9.90 Å². The van der Waals surface area contributed by atoms with E-state index in [2.05, 4.69) is 22.1 Å². The minimum Gasteiger partial charge on any atom is -0.483 e. The Morgan fingerprint density at radius 3 is 2.47 bits per heavy atom. The number of aryl methyl sites for hydroxylation is 2. The van der Waals surface area contributed by atoms with E-state index in [0.717, 1.165) is 34.9 Å². The Kier molecular flexibility index (Phi) is 10.5. The minimum absolute atomic E-state index is 0.00785. The van der Waals surface area contributed by atoms with Crippen molar-refractivity contribution in [1.82, 2.24) is 15.2 Å². The molecule has 10 nitrogen and oxygen atoms in total. The predicted molar refractivity (Wildman–Crippen MR) is 169 cm³/mol. The van der Waals surface area contributed by atoms with Crippen molar-refractivity contribution in [2.75, 3.05) is 23.7 Å². The third kappa shape index (κ3) is 7.57. The second kappa shape index (κ2) is 13.9. The monoisotopic (exact) mass is 612 g/mol. The van der Waals surface area contributed by atoms with Gasteiger partial charge in [0.15, 0.2) is 0 Å². The summed E-state index contributed by atoms with van der Waals surface area (Å²) in [5.41, 5.74) is 3.74. The number of amides is 1. The summed E-state index contributed by atoms with van der Waals surface area (Å²) in [4.78, 5) is 22.2. The Hall–Kier alpha value is -3.41. The predicted octanol–water partition coefficient (Wildman–Crippen LogP) is 3.70. The molecular weight excluding hydrogens is 568 g/mol. The Balaban J connectivity index is 0.00000135. The third-order valence-electron chi connectivity index (χ3n) is 8.80. The maximum absolute atomic E-state index is 13.8. The summed E-state index contributed by atoms with van der Waals surface area (Å²) >= 11 is 0. The minimum atomic E-state index is -3.50. The first-order valence-corrected chi connectivity index (χ1v) is 16.6. The molecule has 2 heterocycles. The van der Waals surface area contributed by atoms with Crippen molar-refractivity contribution >= 4 is 39.0 Å². The number of carboxylic acid groups (broad SMARTS) is 1. The highest BCUT2D eigenvalue weighted by molar-refractivity contribution is 7.92. The van der Waals surface area contributed by atoms with E-state index in [1.165, 1.54) is 23.6 Å². The SMILES string of the molecule is CCn1cc2c3c(cc(C(=O)N[C@@H](Cc4ccccc4)[C@H](O)CNC4(C)CCCCC4)cc31)N(C)S(=O)(=O)CC2.O=CO. The number of rotatable bonds is 9. The molecule has 5 rings (SSSR count). The van der Waals surface area contributed by atoms with Crippen LogP contribution in [0.3, 0.4) is 0 Å². The number of aliphatic hydroxyl groups excluding tert-OH is 1. The maximum atomic E-state index is 13.8. The highest BCUT2D eigenvalue weighted by Gasteiger charge is 2.31. The number of carbonyl (C=O) groups is 2. The zero-order valence-electron chi connectivity index (χ0n) is 25.3. The van der Waals surface area contributed by atoms with Crippen molar-refractivity contribution in [2.24, 2.45) is 0 Å². The Morgan fingerprint density at radius 2 is 1.81 bits per heavy atom. The van der Waals surface area contributed by atoms with Gasteiger partial charge in [0.25, 0.3) is 12.4 Å². The number of nitrogens with one attached hydrogen (secondary N) is 2. The fourth-order valence-electron chi connectivity index (χ4n) is 6.25. The van der Waals surface area contributed by atoms with Crippen molar-refractivity contribution in [1.29, 1.82) is 0 Å². The number of nitrogens with zero attached hydrogens (tertiary/aromatic N) is 2.